The standard InChI is InChI=1S/C24H32O3/c1-3-5-6-7-8-9-10-11-12-13-14-19-15-16-20-21(18-19)23(26)24(22(20)25)27-17-4-2/h15-16,18,24H,3,5-14H2,1-2H3. The van der Waals surface area contributed by atoms with Crippen LogP contribution in [0.4, 0.5) is 0 Å². The molecule has 0 amide bonds. The van der Waals surface area contributed by atoms with Gasteiger partial charge in [-0.2, -0.15) is 0 Å². The molecular weight excluding hydrogens is 336 g/mol. The molecule has 0 spiro atoms. The number of aryl methyl sites for hydroxylation is 1. The average molecular weight is 369 g/mol. The molecule has 0 N–H and O–H groups in total. The minimum absolute atomic E-state index is 0.261. The Bertz CT molecular complexity index is 693. The third-order valence-electron chi connectivity index (χ3n) is 5.19. The molecule has 2 rings (SSSR count). The number of carbonyl (C=O) groups excluding carboxylic acids is 2. The number of benzene rings is 1. The number of ether oxygens (including phenoxy) is 1. The Hall–Kier alpha value is -2.08. The summed E-state index contributed by atoms with van der Waals surface area (Å²) in [5.74, 6) is 2.02. The van der Waals surface area contributed by atoms with Gasteiger partial charge in [-0.3, -0.25) is 9.59 Å². The van der Waals surface area contributed by atoms with Gasteiger partial charge in [-0.15, -0.1) is 0 Å². The van der Waals surface area contributed by atoms with Gasteiger partial charge in [0.2, 0.25) is 17.7 Å². The quantitative estimate of drug-likeness (QED) is 0.262. The largest absolute Gasteiger partial charge is 0.426 e. The summed E-state index contributed by atoms with van der Waals surface area (Å²) in [5, 5.41) is 0. The molecule has 3 heteroatoms. The van der Waals surface area contributed by atoms with Crippen LogP contribution in [0.1, 0.15) is 104 Å². The topological polar surface area (TPSA) is 43.4 Å². The first-order valence-corrected chi connectivity index (χ1v) is 10.5. The average Bonchev–Trinajstić information content (AvgIpc) is 2.91. The smallest absolute Gasteiger partial charge is 0.235 e. The third-order valence-corrected chi connectivity index (χ3v) is 5.19. The maximum atomic E-state index is 12.4. The number of Topliss-reactive ketones (excluding diaryl/α,β-unsaturated/α-hetero) is 2. The summed E-state index contributed by atoms with van der Waals surface area (Å²) < 4.78 is 5.11. The monoisotopic (exact) mass is 368 g/mol. The normalized spacial score (nSPS) is 15.4. The number of carbonyl (C=O) groups is 2. The lowest BCUT2D eigenvalue weighted by Crippen LogP contribution is -2.23. The van der Waals surface area contributed by atoms with Gasteiger partial charge in [0, 0.05) is 18.1 Å². The molecule has 0 saturated heterocycles. The van der Waals surface area contributed by atoms with E-state index < -0.39 is 6.10 Å². The summed E-state index contributed by atoms with van der Waals surface area (Å²) in [6, 6.07) is 5.60. The van der Waals surface area contributed by atoms with E-state index in [0.29, 0.717) is 11.1 Å². The van der Waals surface area contributed by atoms with E-state index >= 15 is 0 Å². The highest BCUT2D eigenvalue weighted by Gasteiger charge is 2.40. The van der Waals surface area contributed by atoms with Crippen LogP contribution >= 0.6 is 0 Å². The summed E-state index contributed by atoms with van der Waals surface area (Å²) in [5.41, 5.74) is 2.08. The number of hydrogen-bond donors (Lipinski definition) is 0. The summed E-state index contributed by atoms with van der Waals surface area (Å²) in [4.78, 5) is 24.6. The van der Waals surface area contributed by atoms with Crippen molar-refractivity contribution in [1.29, 1.82) is 0 Å². The van der Waals surface area contributed by atoms with Crippen LogP contribution in [0.15, 0.2) is 18.2 Å². The van der Waals surface area contributed by atoms with Crippen molar-refractivity contribution >= 4 is 11.6 Å². The van der Waals surface area contributed by atoms with E-state index in [9.17, 15) is 9.59 Å². The highest BCUT2D eigenvalue weighted by molar-refractivity contribution is 6.28. The van der Waals surface area contributed by atoms with Gasteiger partial charge < -0.3 is 4.74 Å². The summed E-state index contributed by atoms with van der Waals surface area (Å²) in [7, 11) is 0. The van der Waals surface area contributed by atoms with Crippen molar-refractivity contribution in [3.05, 3.63) is 34.9 Å². The van der Waals surface area contributed by atoms with E-state index in [2.05, 4.69) is 19.0 Å². The van der Waals surface area contributed by atoms with E-state index in [1.165, 1.54) is 57.8 Å². The van der Waals surface area contributed by atoms with Crippen LogP contribution in [-0.4, -0.2) is 17.7 Å². The molecule has 0 bridgehead atoms. The molecule has 1 unspecified atom stereocenters. The number of hydrogen-bond acceptors (Lipinski definition) is 3. The van der Waals surface area contributed by atoms with Crippen LogP contribution < -0.4 is 0 Å². The highest BCUT2D eigenvalue weighted by atomic mass is 16.5. The van der Waals surface area contributed by atoms with Crippen LogP contribution in [-0.2, 0) is 11.2 Å². The minimum atomic E-state index is -1.08. The maximum Gasteiger partial charge on any atom is 0.235 e. The van der Waals surface area contributed by atoms with Gasteiger partial charge in [0.05, 0.1) is 0 Å². The van der Waals surface area contributed by atoms with Crippen molar-refractivity contribution in [2.45, 2.75) is 90.6 Å². The SMILES string of the molecule is CC#COC1C(=O)c2ccc(CCCCCCCCCCCC)cc2C1=O. The third kappa shape index (κ3) is 6.24. The zero-order valence-electron chi connectivity index (χ0n) is 16.8. The number of rotatable bonds is 12. The first-order valence-electron chi connectivity index (χ1n) is 10.5. The number of fused-ring (bicyclic) bond motifs is 1. The Morgan fingerprint density at radius 3 is 2.07 bits per heavy atom. The van der Waals surface area contributed by atoms with Crippen LogP contribution in [0.25, 0.3) is 0 Å². The molecule has 3 nitrogen and oxygen atoms in total. The fourth-order valence-corrected chi connectivity index (χ4v) is 3.61. The van der Waals surface area contributed by atoms with Gasteiger partial charge in [0.25, 0.3) is 0 Å². The molecule has 1 atom stereocenters. The first kappa shape index (κ1) is 21.2. The Labute approximate surface area is 163 Å². The van der Waals surface area contributed by atoms with Crippen molar-refractivity contribution in [2.24, 2.45) is 0 Å². The molecule has 1 aromatic rings. The Balaban J connectivity index is 1.71. The predicted molar refractivity (Wildman–Crippen MR) is 109 cm³/mol. The molecule has 146 valence electrons. The van der Waals surface area contributed by atoms with E-state index in [1.54, 1.807) is 13.0 Å². The molecule has 0 fully saturated rings. The molecule has 0 aliphatic heterocycles. The van der Waals surface area contributed by atoms with E-state index in [-0.39, 0.29) is 11.6 Å². The maximum absolute atomic E-state index is 12.4. The lowest BCUT2D eigenvalue weighted by molar-refractivity contribution is 0.0659. The Morgan fingerprint density at radius 1 is 0.852 bits per heavy atom. The predicted octanol–water partition coefficient (Wildman–Crippen LogP) is 5.90. The highest BCUT2D eigenvalue weighted by Crippen LogP contribution is 2.26. The number of unbranched alkanes of at least 4 members (excludes halogenated alkanes) is 9. The molecule has 0 aromatic heterocycles. The van der Waals surface area contributed by atoms with Gasteiger partial charge in [-0.1, -0.05) is 82.8 Å². The fraction of sp³-hybridized carbons (Fsp3) is 0.583. The van der Waals surface area contributed by atoms with Crippen LogP contribution in [0.3, 0.4) is 0 Å². The molecule has 1 aliphatic rings. The lowest BCUT2D eigenvalue weighted by atomic mass is 10.0. The summed E-state index contributed by atoms with van der Waals surface area (Å²) in [6.45, 7) is 3.86. The molecule has 0 heterocycles. The second kappa shape index (κ2) is 11.6. The van der Waals surface area contributed by atoms with Gasteiger partial charge in [-0.25, -0.2) is 0 Å². The molecule has 0 saturated carbocycles. The van der Waals surface area contributed by atoms with Crippen molar-refractivity contribution in [2.75, 3.05) is 0 Å². The molecule has 1 aromatic carbocycles. The molecular formula is C24H32O3. The van der Waals surface area contributed by atoms with Crippen molar-refractivity contribution < 1.29 is 14.3 Å². The van der Waals surface area contributed by atoms with Gasteiger partial charge >= 0.3 is 0 Å². The Kier molecular flexibility index (Phi) is 9.11. The van der Waals surface area contributed by atoms with Crippen molar-refractivity contribution in [3.63, 3.8) is 0 Å². The fourth-order valence-electron chi connectivity index (χ4n) is 3.61. The lowest BCUT2D eigenvalue weighted by Gasteiger charge is -2.04. The van der Waals surface area contributed by atoms with E-state index in [1.807, 2.05) is 12.1 Å². The summed E-state index contributed by atoms with van der Waals surface area (Å²) in [6.07, 6.45) is 15.3. The molecule has 1 aliphatic carbocycles. The second-order valence-electron chi connectivity index (χ2n) is 7.39. The second-order valence-corrected chi connectivity index (χ2v) is 7.39. The zero-order chi connectivity index (χ0) is 19.5. The van der Waals surface area contributed by atoms with Gasteiger partial charge in [-0.05, 0) is 24.5 Å². The van der Waals surface area contributed by atoms with Gasteiger partial charge in [0.1, 0.15) is 6.11 Å². The van der Waals surface area contributed by atoms with E-state index in [0.717, 1.165) is 18.4 Å². The van der Waals surface area contributed by atoms with Crippen molar-refractivity contribution in [3.8, 4) is 12.0 Å². The van der Waals surface area contributed by atoms with Crippen LogP contribution in [0, 0.1) is 12.0 Å². The van der Waals surface area contributed by atoms with Crippen LogP contribution in [0.5, 0.6) is 0 Å². The zero-order valence-corrected chi connectivity index (χ0v) is 16.8. The molecule has 27 heavy (non-hydrogen) atoms. The Morgan fingerprint density at radius 2 is 1.44 bits per heavy atom. The summed E-state index contributed by atoms with van der Waals surface area (Å²) >= 11 is 0. The van der Waals surface area contributed by atoms with Gasteiger partial charge in [0.15, 0.2) is 0 Å². The minimum Gasteiger partial charge on any atom is -0.426 e. The van der Waals surface area contributed by atoms with Crippen LogP contribution in [0.2, 0.25) is 0 Å². The van der Waals surface area contributed by atoms with Crippen molar-refractivity contribution in [1.82, 2.24) is 0 Å². The van der Waals surface area contributed by atoms with E-state index in [4.69, 9.17) is 4.74 Å². The first-order chi connectivity index (χ1) is 13.2. The number of ketones is 2. The molecule has 0 radical (unpaired) electrons.